The lowest BCUT2D eigenvalue weighted by atomic mass is 10.0. The molecule has 0 atom stereocenters. The summed E-state index contributed by atoms with van der Waals surface area (Å²) in [5, 5.41) is 19.9. The number of para-hydroxylation sites is 2. The zero-order valence-electron chi connectivity index (χ0n) is 17.3. The number of phenols is 2. The topological polar surface area (TPSA) is 57.5 Å². The fraction of sp³-hybridized carbons (Fsp3) is 0. The average molecular weight is 418 g/mol. The lowest BCUT2D eigenvalue weighted by molar-refractivity contribution is -0.110. The van der Waals surface area contributed by atoms with Crippen LogP contribution in [-0.2, 0) is 4.79 Å². The summed E-state index contributed by atoms with van der Waals surface area (Å²) in [4.78, 5) is 12.2. The number of carbonyl (C=O) groups is 1. The van der Waals surface area contributed by atoms with Gasteiger partial charge >= 0.3 is 0 Å². The van der Waals surface area contributed by atoms with Gasteiger partial charge in [-0.1, -0.05) is 97.1 Å². The minimum absolute atomic E-state index is 0.112. The molecule has 0 aliphatic rings. The molecule has 0 unspecified atom stereocenters. The molecule has 0 spiro atoms. The third-order valence-corrected chi connectivity index (χ3v) is 5.13. The molecule has 0 heterocycles. The fourth-order valence-electron chi connectivity index (χ4n) is 3.40. The maximum atomic E-state index is 12.2. The summed E-state index contributed by atoms with van der Waals surface area (Å²) in [5.74, 6) is 0.369. The second-order valence-corrected chi connectivity index (χ2v) is 7.35. The van der Waals surface area contributed by atoms with E-state index in [4.69, 9.17) is 0 Å². The third kappa shape index (κ3) is 5.02. The van der Waals surface area contributed by atoms with Gasteiger partial charge < -0.3 is 10.2 Å². The minimum Gasteiger partial charge on any atom is -0.507 e. The first-order valence-corrected chi connectivity index (χ1v) is 10.3. The molecular formula is C29H22O3. The summed E-state index contributed by atoms with van der Waals surface area (Å²) in [7, 11) is 0. The first kappa shape index (κ1) is 20.9. The zero-order chi connectivity index (χ0) is 22.3. The second-order valence-electron chi connectivity index (χ2n) is 7.35. The number of hydrogen-bond donors (Lipinski definition) is 2. The van der Waals surface area contributed by atoms with Gasteiger partial charge in [-0.25, -0.2) is 0 Å². The van der Waals surface area contributed by atoms with E-state index in [0.29, 0.717) is 0 Å². The number of aromatic hydroxyl groups is 2. The fourth-order valence-corrected chi connectivity index (χ4v) is 3.40. The first-order valence-electron chi connectivity index (χ1n) is 10.3. The Labute approximate surface area is 187 Å². The van der Waals surface area contributed by atoms with Crippen molar-refractivity contribution in [2.75, 3.05) is 0 Å². The van der Waals surface area contributed by atoms with Crippen LogP contribution in [0.4, 0.5) is 0 Å². The predicted molar refractivity (Wildman–Crippen MR) is 130 cm³/mol. The van der Waals surface area contributed by atoms with Crippen molar-refractivity contribution >= 4 is 17.9 Å². The van der Waals surface area contributed by atoms with Crippen LogP contribution in [0, 0.1) is 0 Å². The summed E-state index contributed by atoms with van der Waals surface area (Å²) in [6.45, 7) is 0. The number of rotatable bonds is 6. The van der Waals surface area contributed by atoms with Crippen molar-refractivity contribution < 1.29 is 15.0 Å². The highest BCUT2D eigenvalue weighted by atomic mass is 16.3. The van der Waals surface area contributed by atoms with Crippen molar-refractivity contribution in [3.8, 4) is 33.8 Å². The van der Waals surface area contributed by atoms with Gasteiger partial charge in [0.2, 0.25) is 0 Å². The Kier molecular flexibility index (Phi) is 6.28. The molecule has 4 aromatic carbocycles. The maximum absolute atomic E-state index is 12.2. The number of allylic oxidation sites excluding steroid dienone is 2. The minimum atomic E-state index is -0.112. The quantitative estimate of drug-likeness (QED) is 0.341. The first-order chi connectivity index (χ1) is 15.6. The van der Waals surface area contributed by atoms with Gasteiger partial charge in [0.1, 0.15) is 11.5 Å². The molecule has 3 nitrogen and oxygen atoms in total. The summed E-state index contributed by atoms with van der Waals surface area (Å²) in [5.41, 5.74) is 5.18. The smallest absolute Gasteiger partial charge is 0.178 e. The molecular weight excluding hydrogens is 396 g/mol. The molecule has 0 aromatic heterocycles. The standard InChI is InChI=1S/C29H22O3/c30-25(19-13-21-9-15-23(16-10-21)26-5-1-3-7-28(26)31)20-14-22-11-17-24(18-12-22)27-6-2-4-8-29(27)32/h1-20,31-32H/b19-13+,20-14+. The Balaban J connectivity index is 1.39. The summed E-state index contributed by atoms with van der Waals surface area (Å²) in [6, 6.07) is 29.7. The van der Waals surface area contributed by atoms with Crippen molar-refractivity contribution in [3.63, 3.8) is 0 Å². The number of hydrogen-bond acceptors (Lipinski definition) is 3. The Morgan fingerprint density at radius 1 is 0.531 bits per heavy atom. The van der Waals surface area contributed by atoms with E-state index in [9.17, 15) is 15.0 Å². The highest BCUT2D eigenvalue weighted by Gasteiger charge is 2.03. The Morgan fingerprint density at radius 2 is 0.906 bits per heavy atom. The molecule has 0 saturated heterocycles. The van der Waals surface area contributed by atoms with Crippen LogP contribution in [0.1, 0.15) is 11.1 Å². The highest BCUT2D eigenvalue weighted by molar-refractivity contribution is 6.04. The van der Waals surface area contributed by atoms with Crippen LogP contribution in [0.25, 0.3) is 34.4 Å². The van der Waals surface area contributed by atoms with Gasteiger partial charge in [-0.15, -0.1) is 0 Å². The van der Waals surface area contributed by atoms with E-state index in [-0.39, 0.29) is 17.3 Å². The third-order valence-electron chi connectivity index (χ3n) is 5.13. The van der Waals surface area contributed by atoms with E-state index in [1.54, 1.807) is 36.4 Å². The molecule has 0 aliphatic heterocycles. The van der Waals surface area contributed by atoms with Crippen molar-refractivity contribution in [2.24, 2.45) is 0 Å². The molecule has 156 valence electrons. The largest absolute Gasteiger partial charge is 0.507 e. The number of phenolic OH excluding ortho intramolecular Hbond substituents is 2. The molecule has 0 saturated carbocycles. The number of carbonyl (C=O) groups excluding carboxylic acids is 1. The van der Waals surface area contributed by atoms with Gasteiger partial charge in [-0.05, 0) is 46.5 Å². The monoisotopic (exact) mass is 418 g/mol. The van der Waals surface area contributed by atoms with Crippen LogP contribution < -0.4 is 0 Å². The van der Waals surface area contributed by atoms with Crippen LogP contribution in [0.2, 0.25) is 0 Å². The molecule has 3 heteroatoms. The van der Waals surface area contributed by atoms with Gasteiger partial charge in [-0.2, -0.15) is 0 Å². The molecule has 32 heavy (non-hydrogen) atoms. The molecule has 4 rings (SSSR count). The zero-order valence-corrected chi connectivity index (χ0v) is 17.3. The van der Waals surface area contributed by atoms with E-state index in [2.05, 4.69) is 0 Å². The van der Waals surface area contributed by atoms with E-state index < -0.39 is 0 Å². The lowest BCUT2D eigenvalue weighted by Crippen LogP contribution is -1.85. The molecule has 0 amide bonds. The van der Waals surface area contributed by atoms with Crippen molar-refractivity contribution in [1.29, 1.82) is 0 Å². The van der Waals surface area contributed by atoms with E-state index in [1.165, 1.54) is 12.2 Å². The van der Waals surface area contributed by atoms with Gasteiger partial charge in [0.25, 0.3) is 0 Å². The van der Waals surface area contributed by atoms with E-state index in [1.807, 2.05) is 72.8 Å². The Morgan fingerprint density at radius 3 is 1.28 bits per heavy atom. The maximum Gasteiger partial charge on any atom is 0.178 e. The van der Waals surface area contributed by atoms with Crippen molar-refractivity contribution in [2.45, 2.75) is 0 Å². The van der Waals surface area contributed by atoms with Crippen molar-refractivity contribution in [3.05, 3.63) is 120 Å². The summed E-state index contributed by atoms with van der Waals surface area (Å²) in [6.07, 6.45) is 6.59. The normalized spacial score (nSPS) is 11.2. The van der Waals surface area contributed by atoms with Gasteiger partial charge in [0.15, 0.2) is 5.78 Å². The molecule has 2 N–H and O–H groups in total. The number of benzene rings is 4. The molecule has 0 fully saturated rings. The van der Waals surface area contributed by atoms with Crippen LogP contribution >= 0.6 is 0 Å². The molecule has 0 aliphatic carbocycles. The average Bonchev–Trinajstić information content (AvgIpc) is 2.83. The van der Waals surface area contributed by atoms with Gasteiger partial charge in [0.05, 0.1) is 0 Å². The predicted octanol–water partition coefficient (Wildman–Crippen LogP) is 6.73. The van der Waals surface area contributed by atoms with Crippen LogP contribution in [-0.4, -0.2) is 16.0 Å². The van der Waals surface area contributed by atoms with Crippen LogP contribution in [0.3, 0.4) is 0 Å². The summed E-state index contributed by atoms with van der Waals surface area (Å²) >= 11 is 0. The highest BCUT2D eigenvalue weighted by Crippen LogP contribution is 2.29. The second kappa shape index (κ2) is 9.63. The lowest BCUT2D eigenvalue weighted by Gasteiger charge is -2.04. The summed E-state index contributed by atoms with van der Waals surface area (Å²) < 4.78 is 0. The Hall–Kier alpha value is -4.37. The molecule has 0 bridgehead atoms. The van der Waals surface area contributed by atoms with Gasteiger partial charge in [-0.3, -0.25) is 4.79 Å². The number of ketones is 1. The van der Waals surface area contributed by atoms with Gasteiger partial charge in [0, 0.05) is 11.1 Å². The van der Waals surface area contributed by atoms with Crippen LogP contribution in [0.15, 0.2) is 109 Å². The van der Waals surface area contributed by atoms with Crippen molar-refractivity contribution in [1.82, 2.24) is 0 Å². The van der Waals surface area contributed by atoms with Crippen LogP contribution in [0.5, 0.6) is 11.5 Å². The Bertz CT molecular complexity index is 1180. The molecule has 4 aromatic rings. The molecule has 0 radical (unpaired) electrons. The van der Waals surface area contributed by atoms with E-state index in [0.717, 1.165) is 33.4 Å². The van der Waals surface area contributed by atoms with E-state index >= 15 is 0 Å². The SMILES string of the molecule is O=C(/C=C/c1ccc(-c2ccccc2O)cc1)/C=C/c1ccc(-c2ccccc2O)cc1.